The summed E-state index contributed by atoms with van der Waals surface area (Å²) in [5.74, 6) is 0.882. The summed E-state index contributed by atoms with van der Waals surface area (Å²) in [5, 5.41) is 5.11. The Bertz CT molecular complexity index is 1120. The maximum atomic E-state index is 6.30. The Morgan fingerprint density at radius 1 is 0.852 bits per heavy atom. The first-order valence-electron chi connectivity index (χ1n) is 8.93. The summed E-state index contributed by atoms with van der Waals surface area (Å²) in [7, 11) is 0. The van der Waals surface area contributed by atoms with Gasteiger partial charge in [0.05, 0.1) is 23.1 Å². The molecule has 0 fully saturated rings. The number of imidazole rings is 1. The number of para-hydroxylation sites is 2. The zero-order chi connectivity index (χ0) is 18.4. The van der Waals surface area contributed by atoms with E-state index in [1.807, 2.05) is 30.3 Å². The Morgan fingerprint density at radius 3 is 2.48 bits per heavy atom. The van der Waals surface area contributed by atoms with E-state index in [-0.39, 0.29) is 12.1 Å². The number of benzene rings is 3. The van der Waals surface area contributed by atoms with Gasteiger partial charge >= 0.3 is 0 Å². The Morgan fingerprint density at radius 2 is 1.67 bits per heavy atom. The van der Waals surface area contributed by atoms with Crippen LogP contribution in [0, 0.1) is 0 Å². The predicted molar refractivity (Wildman–Crippen MR) is 112 cm³/mol. The van der Waals surface area contributed by atoms with Crippen molar-refractivity contribution in [2.24, 2.45) is 0 Å². The first-order valence-corrected chi connectivity index (χ1v) is 9.69. The minimum Gasteiger partial charge on any atom is -0.349 e. The predicted octanol–water partition coefficient (Wildman–Crippen LogP) is 6.49. The lowest BCUT2D eigenvalue weighted by molar-refractivity contribution is 0.477. The second-order valence-electron chi connectivity index (χ2n) is 6.85. The monoisotopic (exact) mass is 393 g/mol. The third-order valence-electron chi connectivity index (χ3n) is 5.18. The molecule has 134 valence electrons. The number of rotatable bonds is 2. The molecular weight excluding hydrogens is 377 g/mol. The Labute approximate surface area is 167 Å². The van der Waals surface area contributed by atoms with Gasteiger partial charge in [-0.2, -0.15) is 0 Å². The molecule has 5 rings (SSSR count). The van der Waals surface area contributed by atoms with E-state index >= 15 is 0 Å². The number of nitrogens with zero attached hydrogens (tertiary/aromatic N) is 2. The van der Waals surface area contributed by atoms with Gasteiger partial charge in [-0.3, -0.25) is 0 Å². The van der Waals surface area contributed by atoms with Gasteiger partial charge in [-0.1, -0.05) is 59.6 Å². The topological polar surface area (TPSA) is 29.9 Å². The van der Waals surface area contributed by atoms with Crippen molar-refractivity contribution in [2.45, 2.75) is 18.5 Å². The number of fused-ring (bicyclic) bond motifs is 3. The summed E-state index contributed by atoms with van der Waals surface area (Å²) in [6.07, 6.45) is 0.898. The van der Waals surface area contributed by atoms with E-state index in [9.17, 15) is 0 Å². The van der Waals surface area contributed by atoms with Crippen LogP contribution < -0.4 is 5.32 Å². The highest BCUT2D eigenvalue weighted by molar-refractivity contribution is 6.30. The lowest BCUT2D eigenvalue weighted by Crippen LogP contribution is -2.27. The molecule has 0 bridgehead atoms. The van der Waals surface area contributed by atoms with Crippen LogP contribution in [0.15, 0.2) is 72.8 Å². The summed E-state index contributed by atoms with van der Waals surface area (Å²) in [5.41, 5.74) is 4.50. The van der Waals surface area contributed by atoms with Crippen LogP contribution >= 0.6 is 23.2 Å². The van der Waals surface area contributed by atoms with E-state index in [0.29, 0.717) is 0 Å². The molecule has 1 aromatic heterocycles. The number of halogens is 2. The normalized spacial score (nSPS) is 18.9. The van der Waals surface area contributed by atoms with Gasteiger partial charge in [-0.15, -0.1) is 0 Å². The maximum Gasteiger partial charge on any atom is 0.204 e. The first-order chi connectivity index (χ1) is 13.2. The molecule has 0 saturated heterocycles. The second-order valence-corrected chi connectivity index (χ2v) is 7.72. The molecule has 0 radical (unpaired) electrons. The number of nitrogens with one attached hydrogen (secondary N) is 1. The van der Waals surface area contributed by atoms with Crippen molar-refractivity contribution in [3.05, 3.63) is 94.0 Å². The summed E-state index contributed by atoms with van der Waals surface area (Å²) < 4.78 is 2.29. The average molecular weight is 394 g/mol. The van der Waals surface area contributed by atoms with Gasteiger partial charge in [-0.05, 0) is 53.9 Å². The van der Waals surface area contributed by atoms with Crippen LogP contribution in [0.1, 0.15) is 29.6 Å². The van der Waals surface area contributed by atoms with Gasteiger partial charge in [0.2, 0.25) is 5.95 Å². The first kappa shape index (κ1) is 16.7. The van der Waals surface area contributed by atoms with E-state index in [1.165, 1.54) is 11.1 Å². The molecule has 2 atom stereocenters. The van der Waals surface area contributed by atoms with Gasteiger partial charge in [0, 0.05) is 10.0 Å². The van der Waals surface area contributed by atoms with Crippen LogP contribution in [0.25, 0.3) is 11.0 Å². The number of hydrogen-bond acceptors (Lipinski definition) is 2. The maximum absolute atomic E-state index is 6.30. The zero-order valence-electron chi connectivity index (χ0n) is 14.4. The number of anilines is 1. The van der Waals surface area contributed by atoms with Crippen molar-refractivity contribution in [1.82, 2.24) is 9.55 Å². The van der Waals surface area contributed by atoms with Gasteiger partial charge in [0.15, 0.2) is 0 Å². The standard InChI is InChI=1S/C22H17Cl2N3/c23-16-10-8-14(9-11-16)19-13-21(15-4-3-5-17(24)12-15)27-20-7-2-1-6-18(20)25-22(27)26-19/h1-12,19,21H,13H2,(H,25,26). The molecule has 0 saturated carbocycles. The van der Waals surface area contributed by atoms with Gasteiger partial charge in [0.1, 0.15) is 0 Å². The van der Waals surface area contributed by atoms with Crippen molar-refractivity contribution >= 4 is 40.2 Å². The van der Waals surface area contributed by atoms with Crippen LogP contribution in [-0.2, 0) is 0 Å². The Hall–Kier alpha value is -2.49. The Kier molecular flexibility index (Phi) is 4.07. The molecule has 0 amide bonds. The SMILES string of the molecule is Clc1ccc(C2CC(c3cccc(Cl)c3)n3c(nc4ccccc43)N2)cc1. The molecule has 0 spiro atoms. The summed E-state index contributed by atoms with van der Waals surface area (Å²) >= 11 is 12.4. The van der Waals surface area contributed by atoms with Crippen LogP contribution in [0.5, 0.6) is 0 Å². The highest BCUT2D eigenvalue weighted by Crippen LogP contribution is 2.41. The van der Waals surface area contributed by atoms with Crippen LogP contribution in [0.4, 0.5) is 5.95 Å². The molecule has 4 aromatic rings. The van der Waals surface area contributed by atoms with Crippen LogP contribution in [0.2, 0.25) is 10.0 Å². The molecule has 1 aliphatic rings. The minimum atomic E-state index is 0.146. The third kappa shape index (κ3) is 2.97. The summed E-state index contributed by atoms with van der Waals surface area (Å²) in [6, 6.07) is 24.7. The number of aromatic nitrogens is 2. The fourth-order valence-corrected chi connectivity index (χ4v) is 4.24. The molecule has 2 unspecified atom stereocenters. The second kappa shape index (κ2) is 6.59. The van der Waals surface area contributed by atoms with Crippen molar-refractivity contribution in [2.75, 3.05) is 5.32 Å². The van der Waals surface area contributed by atoms with Crippen molar-refractivity contribution in [3.8, 4) is 0 Å². The fourth-order valence-electron chi connectivity index (χ4n) is 3.92. The van der Waals surface area contributed by atoms with E-state index in [4.69, 9.17) is 28.2 Å². The molecule has 3 aromatic carbocycles. The van der Waals surface area contributed by atoms with E-state index in [1.54, 1.807) is 0 Å². The van der Waals surface area contributed by atoms with Crippen molar-refractivity contribution in [1.29, 1.82) is 0 Å². The molecular formula is C22H17Cl2N3. The van der Waals surface area contributed by atoms with E-state index in [0.717, 1.165) is 33.4 Å². The number of hydrogen-bond donors (Lipinski definition) is 1. The quantitative estimate of drug-likeness (QED) is 0.421. The Balaban J connectivity index is 1.67. The molecule has 1 aliphatic heterocycles. The summed E-state index contributed by atoms with van der Waals surface area (Å²) in [4.78, 5) is 4.84. The molecule has 27 heavy (non-hydrogen) atoms. The highest BCUT2D eigenvalue weighted by atomic mass is 35.5. The van der Waals surface area contributed by atoms with Gasteiger partial charge < -0.3 is 9.88 Å². The van der Waals surface area contributed by atoms with E-state index in [2.05, 4.69) is 52.3 Å². The molecule has 2 heterocycles. The average Bonchev–Trinajstić information content (AvgIpc) is 3.06. The fraction of sp³-hybridized carbons (Fsp3) is 0.136. The lowest BCUT2D eigenvalue weighted by Gasteiger charge is -2.33. The van der Waals surface area contributed by atoms with Gasteiger partial charge in [-0.25, -0.2) is 4.98 Å². The van der Waals surface area contributed by atoms with Gasteiger partial charge in [0.25, 0.3) is 0 Å². The van der Waals surface area contributed by atoms with Crippen LogP contribution in [0.3, 0.4) is 0 Å². The summed E-state index contributed by atoms with van der Waals surface area (Å²) in [6.45, 7) is 0. The molecule has 3 nitrogen and oxygen atoms in total. The van der Waals surface area contributed by atoms with Crippen molar-refractivity contribution in [3.63, 3.8) is 0 Å². The zero-order valence-corrected chi connectivity index (χ0v) is 16.0. The lowest BCUT2D eigenvalue weighted by atomic mass is 9.93. The molecule has 1 N–H and O–H groups in total. The smallest absolute Gasteiger partial charge is 0.204 e. The minimum absolute atomic E-state index is 0.146. The largest absolute Gasteiger partial charge is 0.349 e. The highest BCUT2D eigenvalue weighted by Gasteiger charge is 2.31. The third-order valence-corrected chi connectivity index (χ3v) is 5.66. The van der Waals surface area contributed by atoms with E-state index < -0.39 is 0 Å². The van der Waals surface area contributed by atoms with Crippen molar-refractivity contribution < 1.29 is 0 Å². The van der Waals surface area contributed by atoms with Crippen LogP contribution in [-0.4, -0.2) is 9.55 Å². The molecule has 5 heteroatoms. The molecule has 0 aliphatic carbocycles.